The quantitative estimate of drug-likeness (QED) is 0.597. The van der Waals surface area contributed by atoms with E-state index in [4.69, 9.17) is 4.98 Å². The van der Waals surface area contributed by atoms with Crippen molar-refractivity contribution < 1.29 is 4.79 Å². The molecule has 0 spiro atoms. The third-order valence-electron chi connectivity index (χ3n) is 5.05. The Morgan fingerprint density at radius 1 is 1.22 bits per heavy atom. The van der Waals surface area contributed by atoms with Gasteiger partial charge >= 0.3 is 0 Å². The molecule has 1 aromatic carbocycles. The monoisotopic (exact) mass is 387 g/mol. The highest BCUT2D eigenvalue weighted by Gasteiger charge is 2.24. The first-order chi connectivity index (χ1) is 13.0. The maximum Gasteiger partial charge on any atom is 0.262 e. The first-order valence-electron chi connectivity index (χ1n) is 9.93. The van der Waals surface area contributed by atoms with E-state index < -0.39 is 0 Å². The number of para-hydroxylation sites is 1. The van der Waals surface area contributed by atoms with E-state index in [0.29, 0.717) is 28.5 Å². The van der Waals surface area contributed by atoms with Gasteiger partial charge in [0.2, 0.25) is 5.91 Å². The van der Waals surface area contributed by atoms with Crippen LogP contribution in [0.2, 0.25) is 0 Å². The second kappa shape index (κ2) is 8.91. The summed E-state index contributed by atoms with van der Waals surface area (Å²) in [5, 5.41) is 4.00. The van der Waals surface area contributed by atoms with Crippen molar-refractivity contribution in [1.82, 2.24) is 14.9 Å². The van der Waals surface area contributed by atoms with Crippen molar-refractivity contribution in [2.24, 2.45) is 5.92 Å². The Hall–Kier alpha value is -1.82. The molecule has 3 rings (SSSR count). The second-order valence-electron chi connectivity index (χ2n) is 7.78. The van der Waals surface area contributed by atoms with Gasteiger partial charge < -0.3 is 5.32 Å². The van der Waals surface area contributed by atoms with E-state index in [1.807, 2.05) is 35.8 Å². The molecule has 1 heterocycles. The zero-order chi connectivity index (χ0) is 19.4. The number of rotatable bonds is 6. The van der Waals surface area contributed by atoms with Gasteiger partial charge in [-0.3, -0.25) is 14.2 Å². The predicted molar refractivity (Wildman–Crippen MR) is 111 cm³/mol. The number of hydrogen-bond acceptors (Lipinski definition) is 4. The number of carbonyl (C=O) groups is 1. The van der Waals surface area contributed by atoms with Gasteiger partial charge in [0, 0.05) is 12.6 Å². The SMILES string of the molecule is CC(C)CNC(=O)[C@H](C)Sc1nc2ccccc2c(=O)n1C1CCCCC1. The molecule has 146 valence electrons. The molecule has 1 aromatic heterocycles. The molecular formula is C21H29N3O2S. The Balaban J connectivity index is 1.94. The number of fused-ring (bicyclic) bond motifs is 1. The summed E-state index contributed by atoms with van der Waals surface area (Å²) in [4.78, 5) is 30.4. The molecule has 1 N–H and O–H groups in total. The third-order valence-corrected chi connectivity index (χ3v) is 6.12. The van der Waals surface area contributed by atoms with Crippen molar-refractivity contribution in [3.05, 3.63) is 34.6 Å². The lowest BCUT2D eigenvalue weighted by molar-refractivity contribution is -0.120. The molecule has 1 aliphatic carbocycles. The molecule has 0 saturated heterocycles. The molecule has 0 bridgehead atoms. The van der Waals surface area contributed by atoms with Crippen LogP contribution < -0.4 is 10.9 Å². The number of hydrogen-bond donors (Lipinski definition) is 1. The van der Waals surface area contributed by atoms with Crippen LogP contribution >= 0.6 is 11.8 Å². The summed E-state index contributed by atoms with van der Waals surface area (Å²) in [6.07, 6.45) is 5.50. The van der Waals surface area contributed by atoms with Gasteiger partial charge in [0.15, 0.2) is 5.16 Å². The second-order valence-corrected chi connectivity index (χ2v) is 9.09. The average Bonchev–Trinajstić information content (AvgIpc) is 2.67. The number of aromatic nitrogens is 2. The minimum atomic E-state index is -0.299. The van der Waals surface area contributed by atoms with Gasteiger partial charge in [-0.15, -0.1) is 0 Å². The molecule has 5 nitrogen and oxygen atoms in total. The van der Waals surface area contributed by atoms with Gasteiger partial charge in [-0.1, -0.05) is 57.0 Å². The molecule has 1 saturated carbocycles. The van der Waals surface area contributed by atoms with Gasteiger partial charge in [-0.05, 0) is 37.8 Å². The Morgan fingerprint density at radius 3 is 2.63 bits per heavy atom. The van der Waals surface area contributed by atoms with E-state index in [1.54, 1.807) is 0 Å². The average molecular weight is 388 g/mol. The van der Waals surface area contributed by atoms with Gasteiger partial charge in [0.25, 0.3) is 5.56 Å². The Bertz CT molecular complexity index is 856. The molecule has 2 aromatic rings. The number of thioether (sulfide) groups is 1. The van der Waals surface area contributed by atoms with Gasteiger partial charge in [0.1, 0.15) is 0 Å². The number of nitrogens with one attached hydrogen (secondary N) is 1. The van der Waals surface area contributed by atoms with Crippen molar-refractivity contribution in [1.29, 1.82) is 0 Å². The van der Waals surface area contributed by atoms with Gasteiger partial charge in [-0.2, -0.15) is 0 Å². The summed E-state index contributed by atoms with van der Waals surface area (Å²) in [6.45, 7) is 6.69. The summed E-state index contributed by atoms with van der Waals surface area (Å²) >= 11 is 1.39. The lowest BCUT2D eigenvalue weighted by atomic mass is 9.95. The van der Waals surface area contributed by atoms with E-state index in [2.05, 4.69) is 19.2 Å². The minimum Gasteiger partial charge on any atom is -0.355 e. The molecule has 1 fully saturated rings. The lowest BCUT2D eigenvalue weighted by Crippen LogP contribution is -2.35. The molecule has 1 atom stereocenters. The first-order valence-corrected chi connectivity index (χ1v) is 10.8. The van der Waals surface area contributed by atoms with Gasteiger partial charge in [0.05, 0.1) is 16.2 Å². The molecule has 0 aliphatic heterocycles. The predicted octanol–water partition coefficient (Wildman–Crippen LogP) is 4.15. The van der Waals surface area contributed by atoms with Crippen molar-refractivity contribution >= 4 is 28.6 Å². The van der Waals surface area contributed by atoms with Crippen LogP contribution in [-0.2, 0) is 4.79 Å². The number of amides is 1. The third kappa shape index (κ3) is 4.72. The Morgan fingerprint density at radius 2 is 1.93 bits per heavy atom. The fraction of sp³-hybridized carbons (Fsp3) is 0.571. The number of carbonyl (C=O) groups excluding carboxylic acids is 1. The van der Waals surface area contributed by atoms with Crippen molar-refractivity contribution in [2.75, 3.05) is 6.54 Å². The van der Waals surface area contributed by atoms with Crippen molar-refractivity contribution in [2.45, 2.75) is 69.3 Å². The van der Waals surface area contributed by atoms with Gasteiger partial charge in [-0.25, -0.2) is 4.98 Å². The van der Waals surface area contributed by atoms with E-state index in [1.165, 1.54) is 18.2 Å². The van der Waals surface area contributed by atoms with E-state index >= 15 is 0 Å². The summed E-state index contributed by atoms with van der Waals surface area (Å²) in [6, 6.07) is 7.67. The molecule has 1 aliphatic rings. The molecule has 1 amide bonds. The molecule has 27 heavy (non-hydrogen) atoms. The van der Waals surface area contributed by atoms with Crippen molar-refractivity contribution in [3.63, 3.8) is 0 Å². The summed E-state index contributed by atoms with van der Waals surface area (Å²) in [7, 11) is 0. The largest absolute Gasteiger partial charge is 0.355 e. The molecular weight excluding hydrogens is 358 g/mol. The van der Waals surface area contributed by atoms with Crippen LogP contribution in [0.15, 0.2) is 34.2 Å². The Kier molecular flexibility index (Phi) is 6.58. The zero-order valence-electron chi connectivity index (χ0n) is 16.4. The smallest absolute Gasteiger partial charge is 0.262 e. The van der Waals surface area contributed by atoms with E-state index in [9.17, 15) is 9.59 Å². The highest BCUT2D eigenvalue weighted by Crippen LogP contribution is 2.32. The van der Waals surface area contributed by atoms with Crippen LogP contribution in [0.3, 0.4) is 0 Å². The standard InChI is InChI=1S/C21H29N3O2S/c1-14(2)13-22-19(25)15(3)27-21-23-18-12-8-7-11-17(18)20(26)24(21)16-9-5-4-6-10-16/h7-8,11-12,14-16H,4-6,9-10,13H2,1-3H3,(H,22,25)/t15-/m0/s1. The highest BCUT2D eigenvalue weighted by molar-refractivity contribution is 8.00. The zero-order valence-corrected chi connectivity index (χ0v) is 17.2. The molecule has 0 unspecified atom stereocenters. The van der Waals surface area contributed by atoms with Crippen LogP contribution in [0.1, 0.15) is 58.9 Å². The minimum absolute atomic E-state index is 0.00805. The first kappa shape index (κ1) is 19.9. The van der Waals surface area contributed by atoms with E-state index in [0.717, 1.165) is 25.7 Å². The van der Waals surface area contributed by atoms with Crippen LogP contribution in [-0.4, -0.2) is 27.3 Å². The van der Waals surface area contributed by atoms with Crippen LogP contribution in [0.5, 0.6) is 0 Å². The summed E-state index contributed by atoms with van der Waals surface area (Å²) in [5.41, 5.74) is 0.719. The van der Waals surface area contributed by atoms with Crippen molar-refractivity contribution in [3.8, 4) is 0 Å². The van der Waals surface area contributed by atoms with Crippen LogP contribution in [0, 0.1) is 5.92 Å². The van der Waals surface area contributed by atoms with Crippen LogP contribution in [0.4, 0.5) is 0 Å². The van der Waals surface area contributed by atoms with E-state index in [-0.39, 0.29) is 22.8 Å². The fourth-order valence-electron chi connectivity index (χ4n) is 3.53. The number of benzene rings is 1. The highest BCUT2D eigenvalue weighted by atomic mass is 32.2. The molecule has 0 radical (unpaired) electrons. The topological polar surface area (TPSA) is 64.0 Å². The summed E-state index contributed by atoms with van der Waals surface area (Å²) in [5.74, 6) is 0.400. The summed E-state index contributed by atoms with van der Waals surface area (Å²) < 4.78 is 1.86. The lowest BCUT2D eigenvalue weighted by Gasteiger charge is -2.26. The maximum atomic E-state index is 13.2. The fourth-order valence-corrected chi connectivity index (χ4v) is 4.53. The number of nitrogens with zero attached hydrogens (tertiary/aromatic N) is 2. The molecule has 6 heteroatoms. The van der Waals surface area contributed by atoms with Crippen LogP contribution in [0.25, 0.3) is 10.9 Å². The Labute approximate surface area is 164 Å². The normalized spacial score (nSPS) is 16.6. The maximum absolute atomic E-state index is 13.2.